The molecule has 2 saturated heterocycles. The van der Waals surface area contributed by atoms with E-state index in [-0.39, 0.29) is 23.7 Å². The second kappa shape index (κ2) is 7.74. The molecule has 0 aromatic carbocycles. The average molecular weight is 541 g/mol. The molecule has 166 valence electrons. The number of halogens is 2. The van der Waals surface area contributed by atoms with E-state index in [1.165, 1.54) is 0 Å². The van der Waals surface area contributed by atoms with Crippen LogP contribution in [0.15, 0.2) is 9.47 Å². The van der Waals surface area contributed by atoms with Crippen LogP contribution in [0.4, 0.5) is 4.79 Å². The molecule has 7 nitrogen and oxygen atoms in total. The van der Waals surface area contributed by atoms with Crippen molar-refractivity contribution in [1.82, 2.24) is 4.90 Å². The Kier molecular flexibility index (Phi) is 6.27. The summed E-state index contributed by atoms with van der Waals surface area (Å²) in [6.45, 7) is 9.58. The zero-order valence-electron chi connectivity index (χ0n) is 18.1. The normalized spacial score (nSPS) is 38.4. The summed E-state index contributed by atoms with van der Waals surface area (Å²) in [5.74, 6) is -2.34. The predicted octanol–water partition coefficient (Wildman–Crippen LogP) is 4.53. The van der Waals surface area contributed by atoms with Gasteiger partial charge in [0.1, 0.15) is 11.7 Å². The second-order valence-corrected chi connectivity index (χ2v) is 12.0. The molecule has 1 saturated carbocycles. The van der Waals surface area contributed by atoms with Gasteiger partial charge in [-0.3, -0.25) is 4.90 Å². The van der Waals surface area contributed by atoms with Crippen molar-refractivity contribution in [3.63, 3.8) is 0 Å². The first-order valence-electron chi connectivity index (χ1n) is 9.80. The van der Waals surface area contributed by atoms with Crippen LogP contribution in [0, 0.1) is 5.92 Å². The molecule has 3 rings (SSSR count). The molecule has 0 bridgehead atoms. The van der Waals surface area contributed by atoms with Gasteiger partial charge in [0.2, 0.25) is 11.6 Å². The van der Waals surface area contributed by atoms with Crippen LogP contribution in [-0.2, 0) is 23.7 Å². The van der Waals surface area contributed by atoms with Crippen molar-refractivity contribution in [3.8, 4) is 0 Å². The van der Waals surface area contributed by atoms with E-state index in [1.807, 2.05) is 38.7 Å². The molecule has 1 amide bonds. The van der Waals surface area contributed by atoms with Crippen LogP contribution in [-0.4, -0.2) is 66.7 Å². The number of rotatable bonds is 3. The van der Waals surface area contributed by atoms with Gasteiger partial charge < -0.3 is 23.7 Å². The fourth-order valence-electron chi connectivity index (χ4n) is 4.36. The van der Waals surface area contributed by atoms with Crippen LogP contribution in [0.25, 0.3) is 0 Å². The summed E-state index contributed by atoms with van der Waals surface area (Å²) < 4.78 is 30.8. The smallest absolute Gasteiger partial charge is 0.410 e. The number of carbonyl (C=O) groups excluding carboxylic acids is 1. The van der Waals surface area contributed by atoms with Gasteiger partial charge in [0.15, 0.2) is 0 Å². The zero-order valence-corrected chi connectivity index (χ0v) is 21.3. The van der Waals surface area contributed by atoms with Crippen LogP contribution in [0.5, 0.6) is 0 Å². The van der Waals surface area contributed by atoms with E-state index in [0.29, 0.717) is 6.54 Å². The summed E-state index contributed by atoms with van der Waals surface area (Å²) in [6.07, 6.45) is 2.74. The molecule has 1 spiro atoms. The summed E-state index contributed by atoms with van der Waals surface area (Å²) in [4.78, 5) is 14.9. The average Bonchev–Trinajstić information content (AvgIpc) is 3.38. The maximum Gasteiger partial charge on any atom is 0.410 e. The molecule has 0 radical (unpaired) electrons. The van der Waals surface area contributed by atoms with Gasteiger partial charge in [0.25, 0.3) is 0 Å². The number of methoxy groups -OCH3 is 2. The number of ether oxygens (including phenoxy) is 5. The largest absolute Gasteiger partial charge is 0.444 e. The van der Waals surface area contributed by atoms with Gasteiger partial charge in [-0.2, -0.15) is 0 Å². The van der Waals surface area contributed by atoms with Crippen LogP contribution in [0.1, 0.15) is 47.5 Å². The summed E-state index contributed by atoms with van der Waals surface area (Å²) in [7, 11) is 3.14. The van der Waals surface area contributed by atoms with E-state index < -0.39 is 23.3 Å². The SMILES string of the molecule is COC1(C)O[C@@H]2[C@@H](C=C(Br)Br)C3(CC3)N(C(=O)OC(C)(C)C)C[C@H]2OC1(C)OC. The molecule has 3 aliphatic rings. The lowest BCUT2D eigenvalue weighted by Crippen LogP contribution is -2.72. The fraction of sp³-hybridized carbons (Fsp3) is 0.850. The molecule has 0 aromatic rings. The molecule has 1 aliphatic carbocycles. The highest BCUT2D eigenvalue weighted by Gasteiger charge is 2.68. The molecule has 2 aliphatic heterocycles. The highest BCUT2D eigenvalue weighted by molar-refractivity contribution is 9.28. The number of hydrogen-bond acceptors (Lipinski definition) is 6. The minimum atomic E-state index is -1.13. The standard InChI is InChI=1S/C20H31Br2NO6/c1-17(2,3)29-16(24)23-11-13-15(12(10-14(21)22)20(23)8-9-20)28-19(5,26-7)18(4,25-6)27-13/h10,12-13,15H,8-9,11H2,1-7H3/t12-,13-,15-,18?,19?/m1/s1. The first kappa shape index (κ1) is 23.5. The Morgan fingerprint density at radius 1 is 1.10 bits per heavy atom. The molecule has 0 aromatic heterocycles. The Hall–Kier alpha value is -0.190. The van der Waals surface area contributed by atoms with Crippen molar-refractivity contribution in [2.75, 3.05) is 20.8 Å². The van der Waals surface area contributed by atoms with Crippen molar-refractivity contribution in [2.45, 2.75) is 82.4 Å². The highest BCUT2D eigenvalue weighted by atomic mass is 79.9. The van der Waals surface area contributed by atoms with E-state index in [2.05, 4.69) is 31.9 Å². The van der Waals surface area contributed by atoms with Crippen molar-refractivity contribution in [3.05, 3.63) is 9.47 Å². The van der Waals surface area contributed by atoms with Crippen molar-refractivity contribution in [2.24, 2.45) is 5.92 Å². The maximum absolute atomic E-state index is 13.1. The van der Waals surface area contributed by atoms with Gasteiger partial charge in [-0.05, 0) is 79.3 Å². The Balaban J connectivity index is 2.00. The van der Waals surface area contributed by atoms with E-state index in [4.69, 9.17) is 23.7 Å². The third-order valence-electron chi connectivity index (χ3n) is 6.26. The van der Waals surface area contributed by atoms with Gasteiger partial charge in [0.05, 0.1) is 21.6 Å². The lowest BCUT2D eigenvalue weighted by Gasteiger charge is -2.58. The molecule has 0 N–H and O–H groups in total. The zero-order chi connectivity index (χ0) is 21.8. The molecule has 9 heteroatoms. The number of likely N-dealkylation sites (tertiary alicyclic amines) is 1. The quantitative estimate of drug-likeness (QED) is 0.524. The van der Waals surface area contributed by atoms with E-state index in [1.54, 1.807) is 21.1 Å². The van der Waals surface area contributed by atoms with Crippen molar-refractivity contribution in [1.29, 1.82) is 0 Å². The van der Waals surface area contributed by atoms with Gasteiger partial charge in [-0.25, -0.2) is 4.79 Å². The number of piperidine rings is 1. The highest BCUT2D eigenvalue weighted by Crippen LogP contribution is 2.57. The van der Waals surface area contributed by atoms with Crippen LogP contribution in [0.2, 0.25) is 0 Å². The molecule has 2 heterocycles. The Labute approximate surface area is 189 Å². The third-order valence-corrected chi connectivity index (χ3v) is 6.79. The van der Waals surface area contributed by atoms with Crippen LogP contribution in [0.3, 0.4) is 0 Å². The Morgan fingerprint density at radius 3 is 2.10 bits per heavy atom. The molecular formula is C20H31Br2NO6. The number of hydrogen-bond donors (Lipinski definition) is 0. The summed E-state index contributed by atoms with van der Waals surface area (Å²) in [5.41, 5.74) is -0.944. The van der Waals surface area contributed by atoms with Crippen molar-refractivity contribution < 1.29 is 28.5 Å². The lowest BCUT2D eigenvalue weighted by atomic mass is 9.81. The second-order valence-electron chi connectivity index (χ2n) is 9.22. The van der Waals surface area contributed by atoms with Crippen LogP contribution >= 0.6 is 31.9 Å². The van der Waals surface area contributed by atoms with E-state index in [0.717, 1.165) is 16.2 Å². The van der Waals surface area contributed by atoms with E-state index in [9.17, 15) is 4.79 Å². The number of nitrogens with zero attached hydrogens (tertiary/aromatic N) is 1. The topological polar surface area (TPSA) is 66.5 Å². The lowest BCUT2D eigenvalue weighted by molar-refractivity contribution is -0.456. The molecular weight excluding hydrogens is 510 g/mol. The maximum atomic E-state index is 13.1. The minimum absolute atomic E-state index is 0.113. The third kappa shape index (κ3) is 4.15. The first-order chi connectivity index (χ1) is 13.3. The van der Waals surface area contributed by atoms with Gasteiger partial charge >= 0.3 is 6.09 Å². The number of fused-ring (bicyclic) bond motifs is 1. The summed E-state index contributed by atoms with van der Waals surface area (Å²) in [6, 6.07) is 0. The predicted molar refractivity (Wildman–Crippen MR) is 115 cm³/mol. The Bertz CT molecular complexity index is 687. The molecule has 5 atom stereocenters. The van der Waals surface area contributed by atoms with Gasteiger partial charge in [-0.15, -0.1) is 0 Å². The molecule has 29 heavy (non-hydrogen) atoms. The van der Waals surface area contributed by atoms with Gasteiger partial charge in [0, 0.05) is 20.1 Å². The minimum Gasteiger partial charge on any atom is -0.444 e. The van der Waals surface area contributed by atoms with Crippen molar-refractivity contribution >= 4 is 38.0 Å². The summed E-state index contributed by atoms with van der Waals surface area (Å²) >= 11 is 6.97. The molecule has 2 unspecified atom stereocenters. The van der Waals surface area contributed by atoms with Gasteiger partial charge in [-0.1, -0.05) is 6.08 Å². The van der Waals surface area contributed by atoms with Crippen LogP contribution < -0.4 is 0 Å². The molecule has 3 fully saturated rings. The first-order valence-corrected chi connectivity index (χ1v) is 11.4. The monoisotopic (exact) mass is 539 g/mol. The van der Waals surface area contributed by atoms with E-state index >= 15 is 0 Å². The number of carbonyl (C=O) groups is 1. The fourth-order valence-corrected chi connectivity index (χ4v) is 4.93. The number of amides is 1. The summed E-state index contributed by atoms with van der Waals surface area (Å²) in [5, 5.41) is 0. The Morgan fingerprint density at radius 2 is 1.66 bits per heavy atom.